The van der Waals surface area contributed by atoms with E-state index in [1.807, 2.05) is 31.1 Å². The Kier molecular flexibility index (Phi) is 5.55. The first-order chi connectivity index (χ1) is 6.09. The maximum atomic E-state index is 10.5. The molecule has 4 heteroatoms. The molecule has 0 amide bonds. The van der Waals surface area contributed by atoms with Crippen molar-refractivity contribution < 1.29 is 9.90 Å². The van der Waals surface area contributed by atoms with E-state index >= 15 is 0 Å². The number of hydrogen-bond donors (Lipinski definition) is 1. The van der Waals surface area contributed by atoms with Crippen molar-refractivity contribution in [1.29, 1.82) is 0 Å². The SMILES string of the molecule is CN(C)Cc1ccc(C(=O)O)cc1.[LiH]. The number of benzene rings is 1. The van der Waals surface area contributed by atoms with Gasteiger partial charge >= 0.3 is 24.8 Å². The van der Waals surface area contributed by atoms with Crippen molar-refractivity contribution in [3.05, 3.63) is 35.4 Å². The van der Waals surface area contributed by atoms with Gasteiger partial charge in [0.05, 0.1) is 5.56 Å². The monoisotopic (exact) mass is 187 g/mol. The molecule has 0 spiro atoms. The molecule has 0 saturated heterocycles. The number of carboxylic acid groups (broad SMARTS) is 1. The summed E-state index contributed by atoms with van der Waals surface area (Å²) in [6, 6.07) is 6.93. The third kappa shape index (κ3) is 3.97. The van der Waals surface area contributed by atoms with E-state index in [-0.39, 0.29) is 18.9 Å². The second-order valence-electron chi connectivity index (χ2n) is 3.24. The molecule has 1 rings (SSSR count). The summed E-state index contributed by atoms with van der Waals surface area (Å²) in [5.74, 6) is -0.878. The Morgan fingerprint density at radius 2 is 1.79 bits per heavy atom. The van der Waals surface area contributed by atoms with Gasteiger partial charge in [-0.25, -0.2) is 4.79 Å². The first-order valence-electron chi connectivity index (χ1n) is 4.06. The molecule has 0 bridgehead atoms. The van der Waals surface area contributed by atoms with Crippen molar-refractivity contribution in [1.82, 2.24) is 4.90 Å². The van der Waals surface area contributed by atoms with E-state index in [0.29, 0.717) is 5.56 Å². The molecule has 0 radical (unpaired) electrons. The van der Waals surface area contributed by atoms with Crippen molar-refractivity contribution >= 4 is 24.8 Å². The van der Waals surface area contributed by atoms with Gasteiger partial charge in [0.2, 0.25) is 0 Å². The average molecular weight is 187 g/mol. The number of carboxylic acids is 1. The summed E-state index contributed by atoms with van der Waals surface area (Å²) in [6.45, 7) is 0.833. The van der Waals surface area contributed by atoms with Gasteiger partial charge < -0.3 is 10.0 Å². The fraction of sp³-hybridized carbons (Fsp3) is 0.300. The fourth-order valence-corrected chi connectivity index (χ4v) is 1.12. The minimum absolute atomic E-state index is 0. The molecule has 1 aromatic carbocycles. The molecule has 0 saturated carbocycles. The first kappa shape index (κ1) is 13.2. The molecular weight excluding hydrogens is 173 g/mol. The summed E-state index contributed by atoms with van der Waals surface area (Å²) >= 11 is 0. The molecule has 0 aliphatic carbocycles. The van der Waals surface area contributed by atoms with E-state index in [1.54, 1.807) is 12.1 Å². The molecule has 0 fully saturated rings. The van der Waals surface area contributed by atoms with Gasteiger partial charge in [-0.15, -0.1) is 0 Å². The van der Waals surface area contributed by atoms with E-state index in [1.165, 1.54) is 0 Å². The number of carbonyl (C=O) groups is 1. The molecule has 72 valence electrons. The van der Waals surface area contributed by atoms with E-state index < -0.39 is 5.97 Å². The normalized spacial score (nSPS) is 9.64. The first-order valence-corrected chi connectivity index (χ1v) is 4.06. The van der Waals surface area contributed by atoms with Crippen LogP contribution in [-0.4, -0.2) is 48.9 Å². The molecule has 1 aromatic rings. The van der Waals surface area contributed by atoms with Crippen molar-refractivity contribution in [2.75, 3.05) is 14.1 Å². The van der Waals surface area contributed by atoms with Gasteiger partial charge in [-0.3, -0.25) is 0 Å². The predicted octanol–water partition coefficient (Wildman–Crippen LogP) is 0.798. The van der Waals surface area contributed by atoms with Gasteiger partial charge in [-0.2, -0.15) is 0 Å². The zero-order valence-electron chi connectivity index (χ0n) is 7.82. The number of nitrogens with zero attached hydrogens (tertiary/aromatic N) is 1. The molecule has 3 nitrogen and oxygen atoms in total. The molecule has 0 heterocycles. The molecule has 0 aromatic heterocycles. The third-order valence-corrected chi connectivity index (χ3v) is 1.70. The Bertz CT molecular complexity index is 295. The van der Waals surface area contributed by atoms with Crippen LogP contribution in [0.1, 0.15) is 15.9 Å². The average Bonchev–Trinajstić information content (AvgIpc) is 2.04. The van der Waals surface area contributed by atoms with Gasteiger partial charge in [0.15, 0.2) is 0 Å². The van der Waals surface area contributed by atoms with Crippen LogP contribution in [0.3, 0.4) is 0 Å². The maximum absolute atomic E-state index is 10.5. The molecule has 14 heavy (non-hydrogen) atoms. The third-order valence-electron chi connectivity index (χ3n) is 1.70. The van der Waals surface area contributed by atoms with E-state index in [2.05, 4.69) is 0 Å². The predicted molar refractivity (Wildman–Crippen MR) is 57.9 cm³/mol. The van der Waals surface area contributed by atoms with Crippen molar-refractivity contribution in [2.24, 2.45) is 0 Å². The minimum atomic E-state index is -0.878. The van der Waals surface area contributed by atoms with Gasteiger partial charge in [0.1, 0.15) is 0 Å². The summed E-state index contributed by atoms with van der Waals surface area (Å²) in [5.41, 5.74) is 1.46. The van der Waals surface area contributed by atoms with Crippen molar-refractivity contribution in [2.45, 2.75) is 6.54 Å². The van der Waals surface area contributed by atoms with Crippen LogP contribution >= 0.6 is 0 Å². The van der Waals surface area contributed by atoms with E-state index in [4.69, 9.17) is 5.11 Å². The summed E-state index contributed by atoms with van der Waals surface area (Å²) < 4.78 is 0. The topological polar surface area (TPSA) is 40.5 Å². The molecule has 0 aliphatic heterocycles. The summed E-state index contributed by atoms with van der Waals surface area (Å²) in [6.07, 6.45) is 0. The Balaban J connectivity index is 0.00000169. The fourth-order valence-electron chi connectivity index (χ4n) is 1.12. The standard InChI is InChI=1S/C10H13NO2.Li.H/c1-11(2)7-8-3-5-9(6-4-8)10(12)13;;/h3-6H,7H2,1-2H3,(H,12,13);;. The zero-order chi connectivity index (χ0) is 9.84. The van der Waals surface area contributed by atoms with Crippen LogP contribution in [0.15, 0.2) is 24.3 Å². The van der Waals surface area contributed by atoms with E-state index in [0.717, 1.165) is 12.1 Å². The summed E-state index contributed by atoms with van der Waals surface area (Å²) in [7, 11) is 3.95. The quantitative estimate of drug-likeness (QED) is 0.711. The van der Waals surface area contributed by atoms with Gasteiger partial charge in [0, 0.05) is 6.54 Å². The molecule has 1 N–H and O–H groups in total. The molecule has 0 aliphatic rings. The van der Waals surface area contributed by atoms with Crippen molar-refractivity contribution in [3.8, 4) is 0 Å². The van der Waals surface area contributed by atoms with Crippen LogP contribution in [0, 0.1) is 0 Å². The molecule has 0 atom stereocenters. The van der Waals surface area contributed by atoms with Crippen LogP contribution in [0.5, 0.6) is 0 Å². The van der Waals surface area contributed by atoms with Gasteiger partial charge in [-0.05, 0) is 31.8 Å². The van der Waals surface area contributed by atoms with Crippen LogP contribution < -0.4 is 0 Å². The zero-order valence-corrected chi connectivity index (χ0v) is 7.82. The summed E-state index contributed by atoms with van der Waals surface area (Å²) in [4.78, 5) is 12.6. The van der Waals surface area contributed by atoms with Gasteiger partial charge in [-0.1, -0.05) is 12.1 Å². The van der Waals surface area contributed by atoms with Crippen LogP contribution in [-0.2, 0) is 6.54 Å². The molecule has 0 unspecified atom stereocenters. The van der Waals surface area contributed by atoms with Crippen molar-refractivity contribution in [3.63, 3.8) is 0 Å². The Morgan fingerprint density at radius 1 is 1.29 bits per heavy atom. The second-order valence-corrected chi connectivity index (χ2v) is 3.24. The Morgan fingerprint density at radius 3 is 2.14 bits per heavy atom. The summed E-state index contributed by atoms with van der Waals surface area (Å²) in [5, 5.41) is 8.65. The van der Waals surface area contributed by atoms with Crippen LogP contribution in [0.25, 0.3) is 0 Å². The second kappa shape index (κ2) is 5.87. The van der Waals surface area contributed by atoms with Crippen LogP contribution in [0.4, 0.5) is 0 Å². The number of aromatic carboxylic acids is 1. The Labute approximate surface area is 95.9 Å². The Hall–Kier alpha value is -0.753. The van der Waals surface area contributed by atoms with E-state index in [9.17, 15) is 4.79 Å². The number of rotatable bonds is 3. The van der Waals surface area contributed by atoms with Gasteiger partial charge in [0.25, 0.3) is 0 Å². The van der Waals surface area contributed by atoms with Crippen LogP contribution in [0.2, 0.25) is 0 Å². The number of hydrogen-bond acceptors (Lipinski definition) is 2. The molecular formula is C10H14LiNO2.